The van der Waals surface area contributed by atoms with E-state index in [0.717, 1.165) is 30.2 Å². The number of nitrogens with zero attached hydrogens (tertiary/aromatic N) is 4. The van der Waals surface area contributed by atoms with Crippen molar-refractivity contribution in [3.63, 3.8) is 0 Å². The summed E-state index contributed by atoms with van der Waals surface area (Å²) in [7, 11) is 5.03. The first-order chi connectivity index (χ1) is 16.0. The third-order valence-electron chi connectivity index (χ3n) is 5.45. The van der Waals surface area contributed by atoms with Crippen molar-refractivity contribution >= 4 is 34.4 Å². The van der Waals surface area contributed by atoms with Crippen LogP contribution >= 0.6 is 0 Å². The molecule has 0 amide bonds. The number of carbonyl (C=O) groups excluding carboxylic acids is 1. The van der Waals surface area contributed by atoms with Crippen LogP contribution in [-0.2, 0) is 16.6 Å². The number of benzene rings is 2. The van der Waals surface area contributed by atoms with Crippen LogP contribution in [0.4, 0.5) is 22.7 Å². The Labute approximate surface area is 195 Å². The smallest absolute Gasteiger partial charge is 0.365 e. The van der Waals surface area contributed by atoms with Crippen LogP contribution in [0.15, 0.2) is 78.0 Å². The summed E-state index contributed by atoms with van der Waals surface area (Å²) in [5.41, 5.74) is 4.95. The molecule has 0 fully saturated rings. The van der Waals surface area contributed by atoms with Crippen molar-refractivity contribution in [3.8, 4) is 0 Å². The molecular formula is C26H32N5O2+. The molecule has 2 aromatic carbocycles. The van der Waals surface area contributed by atoms with Gasteiger partial charge in [0.2, 0.25) is 11.4 Å². The number of carbonyl (C=O) groups is 1. The van der Waals surface area contributed by atoms with E-state index < -0.39 is 5.97 Å². The molecule has 0 radical (unpaired) electrons. The third-order valence-corrected chi connectivity index (χ3v) is 5.45. The zero-order chi connectivity index (χ0) is 23.8. The summed E-state index contributed by atoms with van der Waals surface area (Å²) in [5, 5.41) is 9.63. The lowest BCUT2D eigenvalue weighted by atomic mass is 10.2. The molecule has 0 saturated heterocycles. The number of hydrazone groups is 1. The van der Waals surface area contributed by atoms with Gasteiger partial charge in [-0.2, -0.15) is 9.67 Å². The number of hydrogen-bond acceptors (Lipinski definition) is 6. The minimum Gasteiger partial charge on any atom is -0.464 e. The first kappa shape index (κ1) is 23.8. The number of rotatable bonds is 9. The highest BCUT2D eigenvalue weighted by molar-refractivity contribution is 6.42. The van der Waals surface area contributed by atoms with Gasteiger partial charge < -0.3 is 15.0 Å². The maximum absolute atomic E-state index is 12.4. The fourth-order valence-corrected chi connectivity index (χ4v) is 3.54. The number of hydrogen-bond donors (Lipinski definition) is 1. The van der Waals surface area contributed by atoms with Crippen LogP contribution in [0.5, 0.6) is 0 Å². The van der Waals surface area contributed by atoms with Crippen LogP contribution in [-0.4, -0.2) is 38.9 Å². The van der Waals surface area contributed by atoms with Crippen molar-refractivity contribution < 1.29 is 14.1 Å². The Morgan fingerprint density at radius 1 is 0.939 bits per heavy atom. The molecule has 3 aromatic rings. The lowest BCUT2D eigenvalue weighted by Gasteiger charge is -2.21. The van der Waals surface area contributed by atoms with E-state index in [4.69, 9.17) is 4.74 Å². The molecule has 3 rings (SSSR count). The molecule has 33 heavy (non-hydrogen) atoms. The maximum Gasteiger partial charge on any atom is 0.365 e. The molecule has 0 bridgehead atoms. The fourth-order valence-electron chi connectivity index (χ4n) is 3.54. The van der Waals surface area contributed by atoms with Crippen LogP contribution in [0.25, 0.3) is 0 Å². The molecule has 1 N–H and O–H groups in total. The van der Waals surface area contributed by atoms with Gasteiger partial charge in [0.25, 0.3) is 0 Å². The van der Waals surface area contributed by atoms with Gasteiger partial charge in [-0.05, 0) is 68.4 Å². The summed E-state index contributed by atoms with van der Waals surface area (Å²) in [6.07, 6.45) is 1.86. The van der Waals surface area contributed by atoms with E-state index >= 15 is 0 Å². The second-order valence-electron chi connectivity index (χ2n) is 7.55. The molecule has 7 nitrogen and oxygen atoms in total. The van der Waals surface area contributed by atoms with Crippen LogP contribution in [0.2, 0.25) is 0 Å². The minimum absolute atomic E-state index is 0.235. The SMILES string of the molecule is CCN(CC)c1ccc(Nc2ccc(N(C)N=C(C(=O)OC)c3cccc[n+]3C)cc2)cc1. The van der Waals surface area contributed by atoms with E-state index in [-0.39, 0.29) is 5.71 Å². The van der Waals surface area contributed by atoms with Gasteiger partial charge in [0, 0.05) is 49.3 Å². The van der Waals surface area contributed by atoms with Gasteiger partial charge in [0.1, 0.15) is 7.05 Å². The number of ether oxygens (including phenoxy) is 1. The normalized spacial score (nSPS) is 11.1. The molecular weight excluding hydrogens is 414 g/mol. The summed E-state index contributed by atoms with van der Waals surface area (Å²) >= 11 is 0. The quantitative estimate of drug-likeness (QED) is 0.232. The molecule has 0 aliphatic carbocycles. The number of esters is 1. The third kappa shape index (κ3) is 5.88. The highest BCUT2D eigenvalue weighted by Gasteiger charge is 2.24. The average molecular weight is 447 g/mol. The molecule has 0 unspecified atom stereocenters. The zero-order valence-electron chi connectivity index (χ0n) is 19.9. The fraction of sp³-hybridized carbons (Fsp3) is 0.269. The Kier molecular flexibility index (Phi) is 8.02. The number of aromatic nitrogens is 1. The molecule has 0 atom stereocenters. The first-order valence-electron chi connectivity index (χ1n) is 11.0. The zero-order valence-corrected chi connectivity index (χ0v) is 19.9. The lowest BCUT2D eigenvalue weighted by Crippen LogP contribution is -2.39. The van der Waals surface area contributed by atoms with E-state index in [1.807, 2.05) is 60.3 Å². The predicted molar refractivity (Wildman–Crippen MR) is 134 cm³/mol. The van der Waals surface area contributed by atoms with E-state index in [1.54, 1.807) is 12.1 Å². The molecule has 172 valence electrons. The molecule has 1 heterocycles. The van der Waals surface area contributed by atoms with Gasteiger partial charge in [-0.3, -0.25) is 5.01 Å². The molecule has 0 spiro atoms. The van der Waals surface area contributed by atoms with Crippen LogP contribution in [0.3, 0.4) is 0 Å². The summed E-state index contributed by atoms with van der Waals surface area (Å²) < 4.78 is 6.79. The largest absolute Gasteiger partial charge is 0.464 e. The standard InChI is InChI=1S/C26H32N5O2/c1-6-31(7-2)23-17-13-21(14-18-23)27-20-11-15-22(16-12-20)30(4)28-25(26(32)33-5)24-10-8-9-19-29(24)3/h8-19,27H,6-7H2,1-5H3/q+1. The lowest BCUT2D eigenvalue weighted by molar-refractivity contribution is -0.672. The van der Waals surface area contributed by atoms with Crippen molar-refractivity contribution in [3.05, 3.63) is 78.6 Å². The highest BCUT2D eigenvalue weighted by atomic mass is 16.5. The second-order valence-corrected chi connectivity index (χ2v) is 7.55. The molecule has 7 heteroatoms. The van der Waals surface area contributed by atoms with Crippen molar-refractivity contribution in [2.45, 2.75) is 13.8 Å². The Balaban J connectivity index is 1.76. The van der Waals surface area contributed by atoms with Crippen LogP contribution < -0.4 is 19.8 Å². The Morgan fingerprint density at radius 3 is 2.03 bits per heavy atom. The van der Waals surface area contributed by atoms with Gasteiger partial charge in [-0.15, -0.1) is 0 Å². The first-order valence-corrected chi connectivity index (χ1v) is 11.0. The molecule has 0 aliphatic rings. The highest BCUT2D eigenvalue weighted by Crippen LogP contribution is 2.23. The van der Waals surface area contributed by atoms with E-state index in [2.05, 4.69) is 53.4 Å². The Hall–Kier alpha value is -3.87. The Morgan fingerprint density at radius 2 is 1.52 bits per heavy atom. The summed E-state index contributed by atoms with van der Waals surface area (Å²) in [6, 6.07) is 21.9. The number of anilines is 4. The number of methoxy groups -OCH3 is 1. The van der Waals surface area contributed by atoms with E-state index in [9.17, 15) is 4.79 Å². The van der Waals surface area contributed by atoms with Crippen molar-refractivity contribution in [2.75, 3.05) is 42.5 Å². The number of aryl methyl sites for hydroxylation is 1. The average Bonchev–Trinajstić information content (AvgIpc) is 2.84. The van der Waals surface area contributed by atoms with Gasteiger partial charge in [0.05, 0.1) is 12.8 Å². The molecule has 1 aromatic heterocycles. The Bertz CT molecular complexity index is 1090. The summed E-state index contributed by atoms with van der Waals surface area (Å²) in [4.78, 5) is 14.7. The van der Waals surface area contributed by atoms with Gasteiger partial charge in [0.15, 0.2) is 6.20 Å². The maximum atomic E-state index is 12.4. The molecule has 0 aliphatic heterocycles. The van der Waals surface area contributed by atoms with E-state index in [1.165, 1.54) is 12.8 Å². The predicted octanol–water partition coefficient (Wildman–Crippen LogP) is 4.11. The topological polar surface area (TPSA) is 61.1 Å². The van der Waals surface area contributed by atoms with Gasteiger partial charge in [-0.1, -0.05) is 0 Å². The minimum atomic E-state index is -0.491. The van der Waals surface area contributed by atoms with Crippen LogP contribution in [0, 0.1) is 0 Å². The van der Waals surface area contributed by atoms with Crippen LogP contribution in [0.1, 0.15) is 19.5 Å². The monoisotopic (exact) mass is 446 g/mol. The van der Waals surface area contributed by atoms with Gasteiger partial charge in [-0.25, -0.2) is 4.79 Å². The summed E-state index contributed by atoms with van der Waals surface area (Å²) in [6.45, 7) is 6.29. The number of pyridine rings is 1. The molecule has 0 saturated carbocycles. The van der Waals surface area contributed by atoms with Crippen molar-refractivity contribution in [1.29, 1.82) is 0 Å². The summed E-state index contributed by atoms with van der Waals surface area (Å²) in [5.74, 6) is -0.491. The van der Waals surface area contributed by atoms with Crippen molar-refractivity contribution in [2.24, 2.45) is 12.1 Å². The van der Waals surface area contributed by atoms with E-state index in [0.29, 0.717) is 5.69 Å². The second kappa shape index (κ2) is 11.1. The van der Waals surface area contributed by atoms with Gasteiger partial charge >= 0.3 is 5.97 Å². The number of nitrogens with one attached hydrogen (secondary N) is 1. The van der Waals surface area contributed by atoms with Crippen molar-refractivity contribution in [1.82, 2.24) is 0 Å².